The first-order valence-corrected chi connectivity index (χ1v) is 7.97. The highest BCUT2D eigenvalue weighted by molar-refractivity contribution is 7.15. The van der Waals surface area contributed by atoms with Crippen LogP contribution in [0, 0.1) is 13.8 Å². The molecule has 1 fully saturated rings. The van der Waals surface area contributed by atoms with Crippen LogP contribution in [-0.2, 0) is 6.18 Å². The van der Waals surface area contributed by atoms with Crippen LogP contribution in [0.1, 0.15) is 26.8 Å². The summed E-state index contributed by atoms with van der Waals surface area (Å²) < 4.78 is 42.8. The van der Waals surface area contributed by atoms with Crippen molar-refractivity contribution in [3.05, 3.63) is 22.0 Å². The third kappa shape index (κ3) is 3.07. The third-order valence-corrected chi connectivity index (χ3v) is 4.77. The normalized spacial score (nSPS) is 15.9. The molecule has 0 bridgehead atoms. The number of carbonyl (C=O) groups excluding carboxylic acids is 1. The van der Waals surface area contributed by atoms with Gasteiger partial charge in [-0.05, 0) is 13.8 Å². The van der Waals surface area contributed by atoms with Crippen molar-refractivity contribution in [2.24, 2.45) is 0 Å². The Labute approximate surface area is 139 Å². The monoisotopic (exact) mass is 361 g/mol. The number of halogens is 3. The molecule has 0 saturated carbocycles. The van der Waals surface area contributed by atoms with Gasteiger partial charge in [-0.15, -0.1) is 10.2 Å². The zero-order valence-corrected chi connectivity index (χ0v) is 13.7. The summed E-state index contributed by atoms with van der Waals surface area (Å²) in [6.07, 6.45) is -4.49. The molecule has 130 valence electrons. The fourth-order valence-electron chi connectivity index (χ4n) is 2.51. The first-order chi connectivity index (χ1) is 11.3. The minimum Gasteiger partial charge on any atom is -0.361 e. The van der Waals surface area contributed by atoms with Crippen molar-refractivity contribution < 1.29 is 22.5 Å². The summed E-state index contributed by atoms with van der Waals surface area (Å²) in [6, 6.07) is 0. The lowest BCUT2D eigenvalue weighted by Crippen LogP contribution is -2.49. The Morgan fingerprint density at radius 2 is 1.83 bits per heavy atom. The molecule has 0 unspecified atom stereocenters. The van der Waals surface area contributed by atoms with Crippen LogP contribution in [0.5, 0.6) is 0 Å². The number of piperazine rings is 1. The summed E-state index contributed by atoms with van der Waals surface area (Å²) in [5, 5.41) is 9.79. The second kappa shape index (κ2) is 6.04. The van der Waals surface area contributed by atoms with Crippen LogP contribution in [0.4, 0.5) is 18.3 Å². The molecule has 24 heavy (non-hydrogen) atoms. The summed E-state index contributed by atoms with van der Waals surface area (Å²) >= 11 is 0.509. The van der Waals surface area contributed by atoms with Gasteiger partial charge in [0.25, 0.3) is 5.91 Å². The molecule has 1 amide bonds. The van der Waals surface area contributed by atoms with Crippen LogP contribution < -0.4 is 4.90 Å². The van der Waals surface area contributed by atoms with Gasteiger partial charge in [0.15, 0.2) is 0 Å². The van der Waals surface area contributed by atoms with Gasteiger partial charge in [0.2, 0.25) is 10.1 Å². The van der Waals surface area contributed by atoms with Crippen molar-refractivity contribution >= 4 is 22.4 Å². The highest BCUT2D eigenvalue weighted by Crippen LogP contribution is 2.34. The Morgan fingerprint density at radius 3 is 2.33 bits per heavy atom. The standard InChI is InChI=1S/C13H14F3N5O2S/c1-7-9(8(2)23-19-7)10(22)20-3-5-21(6-4-20)12-18-17-11(24-12)13(14,15)16/h3-6H2,1-2H3. The zero-order valence-electron chi connectivity index (χ0n) is 12.9. The topological polar surface area (TPSA) is 75.4 Å². The molecule has 0 aromatic carbocycles. The number of alkyl halides is 3. The molecular weight excluding hydrogens is 347 g/mol. The van der Waals surface area contributed by atoms with Gasteiger partial charge in [0.05, 0.1) is 5.69 Å². The van der Waals surface area contributed by atoms with Crippen molar-refractivity contribution in [1.82, 2.24) is 20.3 Å². The number of aryl methyl sites for hydroxylation is 2. The van der Waals surface area contributed by atoms with E-state index in [9.17, 15) is 18.0 Å². The average molecular weight is 361 g/mol. The highest BCUT2D eigenvalue weighted by atomic mass is 32.1. The number of carbonyl (C=O) groups is 1. The minimum atomic E-state index is -4.49. The van der Waals surface area contributed by atoms with Crippen molar-refractivity contribution in [3.63, 3.8) is 0 Å². The molecule has 2 aromatic heterocycles. The lowest BCUT2D eigenvalue weighted by atomic mass is 10.1. The molecule has 0 spiro atoms. The van der Waals surface area contributed by atoms with Crippen molar-refractivity contribution in [3.8, 4) is 0 Å². The first kappa shape index (κ1) is 16.7. The molecule has 2 aromatic rings. The molecule has 1 aliphatic heterocycles. The van der Waals surface area contributed by atoms with Gasteiger partial charge in [-0.25, -0.2) is 0 Å². The number of hydrogen-bond donors (Lipinski definition) is 0. The van der Waals surface area contributed by atoms with Crippen LogP contribution in [0.15, 0.2) is 4.52 Å². The van der Waals surface area contributed by atoms with Gasteiger partial charge in [-0.2, -0.15) is 13.2 Å². The Hall–Kier alpha value is -2.17. The van der Waals surface area contributed by atoms with Gasteiger partial charge in [-0.1, -0.05) is 16.5 Å². The Morgan fingerprint density at radius 1 is 1.17 bits per heavy atom. The van der Waals surface area contributed by atoms with Gasteiger partial charge >= 0.3 is 6.18 Å². The van der Waals surface area contributed by atoms with E-state index < -0.39 is 11.2 Å². The number of rotatable bonds is 2. The van der Waals surface area contributed by atoms with Gasteiger partial charge in [0, 0.05) is 26.2 Å². The maximum absolute atomic E-state index is 12.6. The molecule has 1 aliphatic rings. The summed E-state index contributed by atoms with van der Waals surface area (Å²) in [5.74, 6) is 0.276. The predicted molar refractivity (Wildman–Crippen MR) is 79.0 cm³/mol. The molecule has 3 rings (SSSR count). The van der Waals surface area contributed by atoms with Crippen LogP contribution in [0.25, 0.3) is 0 Å². The molecule has 0 atom stereocenters. The van der Waals surface area contributed by atoms with Crippen molar-refractivity contribution in [2.75, 3.05) is 31.1 Å². The number of amides is 1. The molecule has 0 radical (unpaired) electrons. The van der Waals surface area contributed by atoms with Crippen LogP contribution in [-0.4, -0.2) is 52.3 Å². The van der Waals surface area contributed by atoms with Crippen molar-refractivity contribution in [1.29, 1.82) is 0 Å². The lowest BCUT2D eigenvalue weighted by Gasteiger charge is -2.34. The second-order valence-corrected chi connectivity index (χ2v) is 6.32. The summed E-state index contributed by atoms with van der Waals surface area (Å²) in [4.78, 5) is 15.8. The Bertz CT molecular complexity index is 730. The van der Waals surface area contributed by atoms with E-state index in [0.717, 1.165) is 0 Å². The third-order valence-electron chi connectivity index (χ3n) is 3.74. The first-order valence-electron chi connectivity index (χ1n) is 7.15. The average Bonchev–Trinajstić information content (AvgIpc) is 3.14. The van der Waals surface area contributed by atoms with Crippen LogP contribution in [0.3, 0.4) is 0 Å². The molecule has 11 heteroatoms. The molecule has 0 aliphatic carbocycles. The zero-order chi connectivity index (χ0) is 17.5. The van der Waals surface area contributed by atoms with E-state index in [2.05, 4.69) is 15.4 Å². The highest BCUT2D eigenvalue weighted by Gasteiger charge is 2.36. The van der Waals surface area contributed by atoms with Crippen LogP contribution in [0.2, 0.25) is 0 Å². The second-order valence-electron chi connectivity index (χ2n) is 5.37. The fraction of sp³-hybridized carbons (Fsp3) is 0.538. The van der Waals surface area contributed by atoms with Gasteiger partial charge in [-0.3, -0.25) is 4.79 Å². The van der Waals surface area contributed by atoms with E-state index in [1.165, 1.54) is 0 Å². The summed E-state index contributed by atoms with van der Waals surface area (Å²) in [7, 11) is 0. The number of aromatic nitrogens is 3. The Kier molecular flexibility index (Phi) is 4.20. The number of nitrogens with zero attached hydrogens (tertiary/aromatic N) is 5. The fourth-order valence-corrected chi connectivity index (χ4v) is 3.27. The van der Waals surface area contributed by atoms with E-state index >= 15 is 0 Å². The van der Waals surface area contributed by atoms with Crippen molar-refractivity contribution in [2.45, 2.75) is 20.0 Å². The largest absolute Gasteiger partial charge is 0.445 e. The quantitative estimate of drug-likeness (QED) is 0.816. The van der Waals surface area contributed by atoms with Crippen LogP contribution >= 0.6 is 11.3 Å². The smallest absolute Gasteiger partial charge is 0.361 e. The maximum atomic E-state index is 12.6. The van der Waals surface area contributed by atoms with E-state index in [1.54, 1.807) is 23.6 Å². The van der Waals surface area contributed by atoms with Gasteiger partial charge in [0.1, 0.15) is 11.3 Å². The van der Waals surface area contributed by atoms with E-state index in [0.29, 0.717) is 54.5 Å². The van der Waals surface area contributed by atoms with E-state index in [-0.39, 0.29) is 11.0 Å². The minimum absolute atomic E-state index is 0.181. The van der Waals surface area contributed by atoms with E-state index in [4.69, 9.17) is 4.52 Å². The molecule has 7 nitrogen and oxygen atoms in total. The summed E-state index contributed by atoms with van der Waals surface area (Å²) in [5.41, 5.74) is 0.970. The maximum Gasteiger partial charge on any atom is 0.445 e. The van der Waals surface area contributed by atoms with Gasteiger partial charge < -0.3 is 14.3 Å². The van der Waals surface area contributed by atoms with E-state index in [1.807, 2.05) is 0 Å². The molecular formula is C13H14F3N5O2S. The lowest BCUT2D eigenvalue weighted by molar-refractivity contribution is -0.138. The summed E-state index contributed by atoms with van der Waals surface area (Å²) in [6.45, 7) is 4.90. The molecule has 1 saturated heterocycles. The molecule has 0 N–H and O–H groups in total. The Balaban J connectivity index is 1.66. The SMILES string of the molecule is Cc1noc(C)c1C(=O)N1CCN(c2nnc(C(F)(F)F)s2)CC1. The number of hydrogen-bond acceptors (Lipinski definition) is 7. The number of anilines is 1. The molecule has 3 heterocycles. The predicted octanol–water partition coefficient (Wildman–Crippen LogP) is 2.12.